The zero-order valence-electron chi connectivity index (χ0n) is 16.4. The summed E-state index contributed by atoms with van der Waals surface area (Å²) in [7, 11) is 1.27. The fraction of sp³-hybridized carbons (Fsp3) is 0.238. The molecular formula is C21H20N2O6. The summed E-state index contributed by atoms with van der Waals surface area (Å²) in [6.07, 6.45) is 1.46. The van der Waals surface area contributed by atoms with Crippen molar-refractivity contribution in [3.05, 3.63) is 58.7 Å². The zero-order chi connectivity index (χ0) is 21.1. The third-order valence-electron chi connectivity index (χ3n) is 4.41. The minimum atomic E-state index is -1.06. The van der Waals surface area contributed by atoms with Crippen LogP contribution in [0.3, 0.4) is 0 Å². The molecule has 0 fully saturated rings. The van der Waals surface area contributed by atoms with Gasteiger partial charge in [-0.25, -0.2) is 14.6 Å². The number of H-pyrrole nitrogens is 1. The Balaban J connectivity index is 1.69. The van der Waals surface area contributed by atoms with Crippen molar-refractivity contribution < 1.29 is 28.3 Å². The Hall–Kier alpha value is -3.68. The largest absolute Gasteiger partial charge is 0.465 e. The lowest BCUT2D eigenvalue weighted by atomic mass is 10.1. The highest BCUT2D eigenvalue weighted by Crippen LogP contribution is 2.21. The van der Waals surface area contributed by atoms with Crippen molar-refractivity contribution in [2.45, 2.75) is 26.9 Å². The molecule has 0 bridgehead atoms. The summed E-state index contributed by atoms with van der Waals surface area (Å²) < 4.78 is 15.4. The molecule has 0 unspecified atom stereocenters. The summed E-state index contributed by atoms with van der Waals surface area (Å²) in [4.78, 5) is 43.7. The van der Waals surface area contributed by atoms with Gasteiger partial charge in [-0.15, -0.1) is 0 Å². The summed E-state index contributed by atoms with van der Waals surface area (Å²) in [5.74, 6) is -1.46. The molecule has 8 nitrogen and oxygen atoms in total. The number of ether oxygens (including phenoxy) is 2. The summed E-state index contributed by atoms with van der Waals surface area (Å²) in [5, 5.41) is 0. The summed E-state index contributed by atoms with van der Waals surface area (Å²) in [6.45, 7) is 4.75. The predicted octanol–water partition coefficient (Wildman–Crippen LogP) is 3.39. The second-order valence-corrected chi connectivity index (χ2v) is 6.41. The molecule has 0 aliphatic heterocycles. The number of nitrogens with zero attached hydrogens (tertiary/aromatic N) is 1. The molecule has 2 aromatic heterocycles. The Morgan fingerprint density at radius 2 is 1.93 bits per heavy atom. The monoisotopic (exact) mass is 396 g/mol. The van der Waals surface area contributed by atoms with E-state index in [0.717, 1.165) is 6.08 Å². The van der Waals surface area contributed by atoms with Crippen LogP contribution in [-0.2, 0) is 14.3 Å². The molecule has 0 aliphatic rings. The van der Waals surface area contributed by atoms with E-state index in [4.69, 9.17) is 13.9 Å². The topological polar surface area (TPSA) is 111 Å². The summed E-state index contributed by atoms with van der Waals surface area (Å²) >= 11 is 0. The molecular weight excluding hydrogens is 376 g/mol. The highest BCUT2D eigenvalue weighted by Gasteiger charge is 2.27. The Labute approximate surface area is 166 Å². The second-order valence-electron chi connectivity index (χ2n) is 6.41. The van der Waals surface area contributed by atoms with Gasteiger partial charge in [-0.3, -0.25) is 4.79 Å². The third-order valence-corrected chi connectivity index (χ3v) is 4.41. The van der Waals surface area contributed by atoms with Gasteiger partial charge in [0.15, 0.2) is 11.7 Å². The third kappa shape index (κ3) is 4.11. The molecule has 0 aliphatic carbocycles. The van der Waals surface area contributed by atoms with Crippen LogP contribution in [0.1, 0.15) is 44.9 Å². The average Bonchev–Trinajstić information content (AvgIpc) is 3.25. The Morgan fingerprint density at radius 3 is 2.62 bits per heavy atom. The summed E-state index contributed by atoms with van der Waals surface area (Å²) in [6, 6.07) is 7.20. The number of ketones is 1. The number of carbonyl (C=O) groups is 3. The Bertz CT molecular complexity index is 1090. The van der Waals surface area contributed by atoms with Crippen molar-refractivity contribution in [3.63, 3.8) is 0 Å². The lowest BCUT2D eigenvalue weighted by Crippen LogP contribution is -2.24. The van der Waals surface area contributed by atoms with Crippen LogP contribution in [-0.4, -0.2) is 40.9 Å². The molecule has 1 atom stereocenters. The Morgan fingerprint density at radius 1 is 1.21 bits per heavy atom. The fourth-order valence-electron chi connectivity index (χ4n) is 2.98. The average molecular weight is 396 g/mol. The molecule has 2 heterocycles. The number of fused-ring (bicyclic) bond motifs is 1. The lowest BCUT2D eigenvalue weighted by Gasteiger charge is -2.10. The number of hydrogen-bond acceptors (Lipinski definition) is 7. The van der Waals surface area contributed by atoms with Crippen LogP contribution in [0.25, 0.3) is 17.2 Å². The van der Waals surface area contributed by atoms with Gasteiger partial charge in [0.2, 0.25) is 11.7 Å². The first kappa shape index (κ1) is 20.1. The van der Waals surface area contributed by atoms with E-state index in [1.165, 1.54) is 20.1 Å². The highest BCUT2D eigenvalue weighted by molar-refractivity contribution is 6.04. The number of Topliss-reactive ketones (excluding diaryl/α,β-unsaturated/α-hetero) is 1. The van der Waals surface area contributed by atoms with Gasteiger partial charge < -0.3 is 18.9 Å². The van der Waals surface area contributed by atoms with E-state index in [0.29, 0.717) is 27.9 Å². The maximum Gasteiger partial charge on any atom is 0.339 e. The van der Waals surface area contributed by atoms with E-state index in [1.54, 1.807) is 26.0 Å². The fourth-order valence-corrected chi connectivity index (χ4v) is 2.98. The van der Waals surface area contributed by atoms with Crippen molar-refractivity contribution in [2.24, 2.45) is 0 Å². The molecule has 1 N–H and O–H groups in total. The van der Waals surface area contributed by atoms with Crippen LogP contribution in [0, 0.1) is 13.8 Å². The number of nitrogens with one attached hydrogen (secondary N) is 1. The molecule has 0 spiro atoms. The number of rotatable bonds is 6. The Kier molecular flexibility index (Phi) is 5.63. The van der Waals surface area contributed by atoms with Gasteiger partial charge in [0, 0.05) is 17.8 Å². The minimum Gasteiger partial charge on any atom is -0.465 e. The van der Waals surface area contributed by atoms with E-state index >= 15 is 0 Å². The maximum atomic E-state index is 12.7. The first-order valence-electron chi connectivity index (χ1n) is 8.87. The van der Waals surface area contributed by atoms with Crippen LogP contribution in [0.5, 0.6) is 0 Å². The molecule has 8 heteroatoms. The summed E-state index contributed by atoms with van der Waals surface area (Å²) in [5.41, 5.74) is 2.72. The van der Waals surface area contributed by atoms with Crippen molar-refractivity contribution >= 4 is 34.9 Å². The van der Waals surface area contributed by atoms with Crippen LogP contribution in [0.4, 0.5) is 0 Å². The van der Waals surface area contributed by atoms with Gasteiger partial charge in [0.25, 0.3) is 0 Å². The van der Waals surface area contributed by atoms with Crippen LogP contribution >= 0.6 is 0 Å². The molecule has 3 rings (SSSR count). The van der Waals surface area contributed by atoms with Gasteiger partial charge in [0.05, 0.1) is 18.4 Å². The number of oxazole rings is 1. The van der Waals surface area contributed by atoms with E-state index in [1.807, 2.05) is 12.1 Å². The predicted molar refractivity (Wildman–Crippen MR) is 105 cm³/mol. The van der Waals surface area contributed by atoms with Crippen molar-refractivity contribution in [3.8, 4) is 0 Å². The van der Waals surface area contributed by atoms with Gasteiger partial charge in [-0.05, 0) is 38.5 Å². The van der Waals surface area contributed by atoms with Gasteiger partial charge in [-0.1, -0.05) is 12.1 Å². The maximum absolute atomic E-state index is 12.7. The van der Waals surface area contributed by atoms with Crippen molar-refractivity contribution in [1.82, 2.24) is 9.97 Å². The first-order valence-corrected chi connectivity index (χ1v) is 8.87. The van der Waals surface area contributed by atoms with Gasteiger partial charge in [0.1, 0.15) is 5.52 Å². The molecule has 150 valence electrons. The van der Waals surface area contributed by atoms with Crippen LogP contribution in [0.15, 0.2) is 34.8 Å². The second kappa shape index (κ2) is 8.14. The minimum absolute atomic E-state index is 0.200. The normalized spacial score (nSPS) is 12.3. The molecule has 1 aromatic carbocycles. The number of methoxy groups -OCH3 is 1. The van der Waals surface area contributed by atoms with Crippen molar-refractivity contribution in [2.75, 3.05) is 7.11 Å². The lowest BCUT2D eigenvalue weighted by molar-refractivity contribution is -0.140. The number of hydrogen-bond donors (Lipinski definition) is 1. The SMILES string of the molecule is COC(=O)c1c(C)[nH]c(C(=O)[C@@H](C)OC(=O)/C=C/c2nc3ccccc3o2)c1C. The zero-order valence-corrected chi connectivity index (χ0v) is 16.4. The molecule has 0 radical (unpaired) electrons. The van der Waals surface area contributed by atoms with Crippen LogP contribution in [0.2, 0.25) is 0 Å². The first-order chi connectivity index (χ1) is 13.8. The van der Waals surface area contributed by atoms with E-state index in [-0.39, 0.29) is 11.6 Å². The molecule has 29 heavy (non-hydrogen) atoms. The van der Waals surface area contributed by atoms with E-state index in [2.05, 4.69) is 9.97 Å². The molecule has 0 amide bonds. The number of aromatic amines is 1. The number of esters is 2. The molecule has 0 saturated heterocycles. The van der Waals surface area contributed by atoms with Crippen molar-refractivity contribution in [1.29, 1.82) is 0 Å². The molecule has 3 aromatic rings. The number of carbonyl (C=O) groups excluding carboxylic acids is 3. The van der Waals surface area contributed by atoms with E-state index < -0.39 is 23.8 Å². The number of aromatic nitrogens is 2. The van der Waals surface area contributed by atoms with Crippen LogP contribution < -0.4 is 0 Å². The standard InChI is InChI=1S/C21H20N2O6/c1-11-18(21(26)27-4)12(2)22-19(11)20(25)13(3)28-17(24)10-9-16-23-14-7-5-6-8-15(14)29-16/h5-10,13,22H,1-4H3/b10-9+/t13-/m1/s1. The number of benzene rings is 1. The molecule has 0 saturated carbocycles. The number of para-hydroxylation sites is 2. The quantitative estimate of drug-likeness (QED) is 0.386. The number of aryl methyl sites for hydroxylation is 1. The highest BCUT2D eigenvalue weighted by atomic mass is 16.5. The van der Waals surface area contributed by atoms with E-state index in [9.17, 15) is 14.4 Å². The van der Waals surface area contributed by atoms with Gasteiger partial charge >= 0.3 is 11.9 Å². The smallest absolute Gasteiger partial charge is 0.339 e. The van der Waals surface area contributed by atoms with Gasteiger partial charge in [-0.2, -0.15) is 0 Å².